The van der Waals surface area contributed by atoms with Crippen molar-refractivity contribution in [3.8, 4) is 0 Å². The number of carbonyl (C=O) groups is 3. The first-order valence-electron chi connectivity index (χ1n) is 8.31. The largest absolute Gasteiger partial charge is 0.465 e. The molecule has 0 bridgehead atoms. The van der Waals surface area contributed by atoms with Crippen LogP contribution in [0.3, 0.4) is 0 Å². The lowest BCUT2D eigenvalue weighted by Gasteiger charge is -2.08. The van der Waals surface area contributed by atoms with E-state index in [9.17, 15) is 14.4 Å². The number of pyridine rings is 1. The van der Waals surface area contributed by atoms with Gasteiger partial charge in [0, 0.05) is 23.3 Å². The van der Waals surface area contributed by atoms with Crippen molar-refractivity contribution < 1.29 is 23.9 Å². The van der Waals surface area contributed by atoms with Crippen LogP contribution in [-0.2, 0) is 25.6 Å². The third-order valence-corrected chi connectivity index (χ3v) is 4.42. The van der Waals surface area contributed by atoms with Gasteiger partial charge in [0.15, 0.2) is 12.4 Å². The summed E-state index contributed by atoms with van der Waals surface area (Å²) in [6.45, 7) is -0.715. The average molecular weight is 436 g/mol. The van der Waals surface area contributed by atoms with E-state index in [-0.39, 0.29) is 17.4 Å². The predicted molar refractivity (Wildman–Crippen MR) is 107 cm³/mol. The second kappa shape index (κ2) is 8.93. The van der Waals surface area contributed by atoms with Crippen LogP contribution in [0.2, 0.25) is 10.0 Å². The molecule has 8 nitrogen and oxygen atoms in total. The van der Waals surface area contributed by atoms with Gasteiger partial charge in [0.25, 0.3) is 5.91 Å². The molecule has 150 valence electrons. The molecule has 10 heteroatoms. The number of rotatable bonds is 6. The first-order valence-corrected chi connectivity index (χ1v) is 9.07. The summed E-state index contributed by atoms with van der Waals surface area (Å²) in [5, 5.41) is 3.56. The fourth-order valence-corrected chi connectivity index (χ4v) is 3.08. The lowest BCUT2D eigenvalue weighted by molar-refractivity contribution is -0.147. The van der Waals surface area contributed by atoms with E-state index in [1.807, 2.05) is 0 Å². The number of nitrogens with one attached hydrogen (secondary N) is 1. The van der Waals surface area contributed by atoms with E-state index in [1.165, 1.54) is 25.6 Å². The number of benzene rings is 1. The van der Waals surface area contributed by atoms with Crippen molar-refractivity contribution in [2.75, 3.05) is 19.0 Å². The van der Waals surface area contributed by atoms with Gasteiger partial charge in [0.2, 0.25) is 0 Å². The molecule has 3 rings (SSSR count). The Bertz CT molecular complexity index is 1100. The minimum atomic E-state index is -0.660. The molecule has 1 N–H and O–H groups in total. The number of ether oxygens (including phenoxy) is 2. The molecule has 0 saturated heterocycles. The fraction of sp³-hybridized carbons (Fsp3) is 0.158. The molecular weight excluding hydrogens is 421 g/mol. The van der Waals surface area contributed by atoms with Gasteiger partial charge in [-0.25, -0.2) is 9.78 Å². The van der Waals surface area contributed by atoms with Crippen LogP contribution in [0, 0.1) is 0 Å². The molecule has 0 spiro atoms. The molecule has 0 aliphatic rings. The summed E-state index contributed by atoms with van der Waals surface area (Å²) in [7, 11) is 1.28. The zero-order chi connectivity index (χ0) is 21.0. The van der Waals surface area contributed by atoms with Crippen molar-refractivity contribution in [2.45, 2.75) is 6.54 Å². The third kappa shape index (κ3) is 4.85. The zero-order valence-electron chi connectivity index (χ0n) is 15.1. The highest BCUT2D eigenvalue weighted by atomic mass is 35.5. The smallest absolute Gasteiger partial charge is 0.340 e. The van der Waals surface area contributed by atoms with Gasteiger partial charge in [-0.1, -0.05) is 41.4 Å². The van der Waals surface area contributed by atoms with E-state index in [0.29, 0.717) is 21.5 Å². The highest BCUT2D eigenvalue weighted by Gasteiger charge is 2.17. The first-order chi connectivity index (χ1) is 13.9. The first kappa shape index (κ1) is 20.6. The standard InChI is InChI=1S/C19H15Cl2N3O5/c1-28-19(27)13-8-24(15-5-3-2-4-12(13)15)9-17(26)29-10-16(25)23-18-14(21)6-11(20)7-22-18/h2-8H,9-10H2,1H3,(H,22,23,25). The number of nitrogens with zero attached hydrogens (tertiary/aromatic N) is 2. The Balaban J connectivity index is 1.64. The number of anilines is 1. The van der Waals surface area contributed by atoms with Gasteiger partial charge in [-0.15, -0.1) is 0 Å². The fourth-order valence-electron chi connectivity index (χ4n) is 2.66. The third-order valence-electron chi connectivity index (χ3n) is 3.92. The maximum Gasteiger partial charge on any atom is 0.340 e. The molecule has 0 radical (unpaired) electrons. The molecule has 0 aliphatic carbocycles. The van der Waals surface area contributed by atoms with Crippen LogP contribution < -0.4 is 5.32 Å². The Morgan fingerprint density at radius 3 is 2.69 bits per heavy atom. The Hall–Kier alpha value is -3.10. The molecule has 2 aromatic heterocycles. The summed E-state index contributed by atoms with van der Waals surface area (Å²) in [6.07, 6.45) is 2.83. The van der Waals surface area contributed by atoms with Gasteiger partial charge in [-0.3, -0.25) is 9.59 Å². The van der Waals surface area contributed by atoms with Gasteiger partial charge in [-0.2, -0.15) is 0 Å². The molecule has 0 unspecified atom stereocenters. The molecule has 3 aromatic rings. The summed E-state index contributed by atoms with van der Waals surface area (Å²) < 4.78 is 11.3. The molecule has 0 aliphatic heterocycles. The molecule has 0 fully saturated rings. The van der Waals surface area contributed by atoms with E-state index >= 15 is 0 Å². The molecule has 1 aromatic carbocycles. The molecule has 0 saturated carbocycles. The number of carbonyl (C=O) groups excluding carboxylic acids is 3. The number of fused-ring (bicyclic) bond motifs is 1. The average Bonchev–Trinajstić information content (AvgIpc) is 3.06. The summed E-state index contributed by atoms with van der Waals surface area (Å²) in [4.78, 5) is 40.0. The molecular formula is C19H15Cl2N3O5. The maximum atomic E-state index is 12.2. The van der Waals surface area contributed by atoms with Crippen LogP contribution in [0.5, 0.6) is 0 Å². The van der Waals surface area contributed by atoms with E-state index in [2.05, 4.69) is 10.3 Å². The van der Waals surface area contributed by atoms with Crippen molar-refractivity contribution in [3.63, 3.8) is 0 Å². The number of halogens is 2. The van der Waals surface area contributed by atoms with Gasteiger partial charge in [0.05, 0.1) is 22.7 Å². The lowest BCUT2D eigenvalue weighted by Crippen LogP contribution is -2.23. The number of hydrogen-bond acceptors (Lipinski definition) is 6. The Labute approximate surface area is 175 Å². The van der Waals surface area contributed by atoms with E-state index in [0.717, 1.165) is 0 Å². The van der Waals surface area contributed by atoms with Gasteiger partial charge < -0.3 is 19.4 Å². The normalized spacial score (nSPS) is 10.6. The number of para-hydroxylation sites is 1. The topological polar surface area (TPSA) is 99.5 Å². The maximum absolute atomic E-state index is 12.2. The van der Waals surface area contributed by atoms with Gasteiger partial charge >= 0.3 is 11.9 Å². The van der Waals surface area contributed by atoms with Crippen molar-refractivity contribution in [2.24, 2.45) is 0 Å². The highest BCUT2D eigenvalue weighted by molar-refractivity contribution is 6.36. The van der Waals surface area contributed by atoms with E-state index in [1.54, 1.807) is 28.8 Å². The molecule has 2 heterocycles. The van der Waals surface area contributed by atoms with Crippen LogP contribution in [0.15, 0.2) is 42.7 Å². The zero-order valence-corrected chi connectivity index (χ0v) is 16.7. The van der Waals surface area contributed by atoms with E-state index < -0.39 is 24.5 Å². The highest BCUT2D eigenvalue weighted by Crippen LogP contribution is 2.23. The number of esters is 2. The van der Waals surface area contributed by atoms with Crippen molar-refractivity contribution in [1.29, 1.82) is 0 Å². The number of methoxy groups -OCH3 is 1. The summed E-state index contributed by atoms with van der Waals surface area (Å²) in [6, 6.07) is 8.49. The number of aromatic nitrogens is 2. The quantitative estimate of drug-likeness (QED) is 0.596. The van der Waals surface area contributed by atoms with Crippen LogP contribution >= 0.6 is 23.2 Å². The van der Waals surface area contributed by atoms with E-state index in [4.69, 9.17) is 32.7 Å². The summed E-state index contributed by atoms with van der Waals surface area (Å²) >= 11 is 11.7. The molecule has 1 amide bonds. The van der Waals surface area contributed by atoms with Crippen LogP contribution in [0.4, 0.5) is 5.82 Å². The number of amides is 1. The second-order valence-electron chi connectivity index (χ2n) is 5.87. The van der Waals surface area contributed by atoms with Crippen molar-refractivity contribution in [1.82, 2.24) is 9.55 Å². The SMILES string of the molecule is COC(=O)c1cn(CC(=O)OCC(=O)Nc2ncc(Cl)cc2Cl)c2ccccc12. The lowest BCUT2D eigenvalue weighted by atomic mass is 10.2. The summed E-state index contributed by atoms with van der Waals surface area (Å²) in [5.41, 5.74) is 0.989. The van der Waals surface area contributed by atoms with Crippen molar-refractivity contribution in [3.05, 3.63) is 58.3 Å². The monoisotopic (exact) mass is 435 g/mol. The Morgan fingerprint density at radius 2 is 1.97 bits per heavy atom. The summed E-state index contributed by atoms with van der Waals surface area (Å²) in [5.74, 6) is -1.67. The predicted octanol–water partition coefficient (Wildman–Crippen LogP) is 3.31. The second-order valence-corrected chi connectivity index (χ2v) is 6.72. The van der Waals surface area contributed by atoms with Crippen LogP contribution in [0.1, 0.15) is 10.4 Å². The van der Waals surface area contributed by atoms with Crippen LogP contribution in [-0.4, -0.2) is 41.1 Å². The Kier molecular flexibility index (Phi) is 6.36. The Morgan fingerprint density at radius 1 is 1.21 bits per heavy atom. The van der Waals surface area contributed by atoms with Crippen molar-refractivity contribution >= 4 is 57.8 Å². The van der Waals surface area contributed by atoms with Gasteiger partial charge in [-0.05, 0) is 12.1 Å². The number of hydrogen-bond donors (Lipinski definition) is 1. The molecule has 0 atom stereocenters. The minimum absolute atomic E-state index is 0.108. The minimum Gasteiger partial charge on any atom is -0.465 e. The van der Waals surface area contributed by atoms with Crippen LogP contribution in [0.25, 0.3) is 10.9 Å². The molecule has 29 heavy (non-hydrogen) atoms. The van der Waals surface area contributed by atoms with Gasteiger partial charge in [0.1, 0.15) is 6.54 Å².